The Balaban J connectivity index is 1.25. The molecule has 0 bridgehead atoms. The molecule has 2 fully saturated rings. The lowest BCUT2D eigenvalue weighted by atomic mass is 9.99. The molecule has 2 heterocycles. The van der Waals surface area contributed by atoms with Gasteiger partial charge in [-0.25, -0.2) is 0 Å². The molecular weight excluding hydrogens is 414 g/mol. The zero-order chi connectivity index (χ0) is 22.9. The number of anilines is 1. The largest absolute Gasteiger partial charge is 0.379 e. The number of amides is 1. The van der Waals surface area contributed by atoms with Crippen LogP contribution in [0.25, 0.3) is 0 Å². The minimum atomic E-state index is 0.0476. The second kappa shape index (κ2) is 11.8. The summed E-state index contributed by atoms with van der Waals surface area (Å²) in [6.07, 6.45) is 1.63. The van der Waals surface area contributed by atoms with Gasteiger partial charge in [0.05, 0.1) is 13.2 Å². The average molecular weight is 450 g/mol. The molecule has 1 atom stereocenters. The highest BCUT2D eigenvalue weighted by atomic mass is 16.5. The van der Waals surface area contributed by atoms with Gasteiger partial charge in [0.25, 0.3) is 0 Å². The molecule has 2 saturated heterocycles. The van der Waals surface area contributed by atoms with Crippen molar-refractivity contribution in [1.82, 2.24) is 15.1 Å². The normalized spacial score (nSPS) is 19.5. The van der Waals surface area contributed by atoms with Crippen LogP contribution >= 0.6 is 0 Å². The van der Waals surface area contributed by atoms with Gasteiger partial charge < -0.3 is 20.3 Å². The van der Waals surface area contributed by atoms with Crippen molar-refractivity contribution in [3.63, 3.8) is 0 Å². The van der Waals surface area contributed by atoms with Gasteiger partial charge in [-0.05, 0) is 29.7 Å². The maximum atomic E-state index is 12.4. The Morgan fingerprint density at radius 3 is 2.70 bits per heavy atom. The van der Waals surface area contributed by atoms with Crippen molar-refractivity contribution < 1.29 is 9.53 Å². The van der Waals surface area contributed by atoms with E-state index in [1.54, 1.807) is 0 Å². The maximum absolute atomic E-state index is 12.4. The molecule has 0 spiro atoms. The first-order valence-electron chi connectivity index (χ1n) is 11.9. The van der Waals surface area contributed by atoms with E-state index in [2.05, 4.69) is 61.8 Å². The fourth-order valence-corrected chi connectivity index (χ4v) is 4.53. The molecule has 2 aromatic carbocycles. The summed E-state index contributed by atoms with van der Waals surface area (Å²) in [5, 5.41) is 6.53. The summed E-state index contributed by atoms with van der Waals surface area (Å²) in [6.45, 7) is 6.72. The number of carbonyl (C=O) groups is 1. The molecule has 7 heteroatoms. The number of benzene rings is 2. The number of carbonyl (C=O) groups excluding carboxylic acids is 1. The SMILES string of the molecule is CN=C(NCc1cccc(NC(=O)CCN2CCOCC2)c1)N1CCC(c2ccccc2)C1. The number of guanidine groups is 1. The number of morpholine rings is 1. The number of nitrogens with zero attached hydrogens (tertiary/aromatic N) is 3. The van der Waals surface area contributed by atoms with Gasteiger partial charge in [0.15, 0.2) is 5.96 Å². The Morgan fingerprint density at radius 1 is 1.09 bits per heavy atom. The molecule has 2 N–H and O–H groups in total. The molecule has 2 aliphatic heterocycles. The van der Waals surface area contributed by atoms with E-state index in [0.717, 1.165) is 69.6 Å². The van der Waals surface area contributed by atoms with Gasteiger partial charge in [-0.2, -0.15) is 0 Å². The molecule has 2 aliphatic rings. The lowest BCUT2D eigenvalue weighted by molar-refractivity contribution is -0.116. The summed E-state index contributed by atoms with van der Waals surface area (Å²) >= 11 is 0. The third-order valence-electron chi connectivity index (χ3n) is 6.39. The Bertz CT molecular complexity index is 927. The maximum Gasteiger partial charge on any atom is 0.225 e. The third-order valence-corrected chi connectivity index (χ3v) is 6.39. The summed E-state index contributed by atoms with van der Waals surface area (Å²) in [6, 6.07) is 18.7. The van der Waals surface area contributed by atoms with E-state index in [0.29, 0.717) is 18.9 Å². The molecule has 1 unspecified atom stereocenters. The summed E-state index contributed by atoms with van der Waals surface area (Å²) in [4.78, 5) is 21.5. The lowest BCUT2D eigenvalue weighted by Gasteiger charge is -2.26. The predicted molar refractivity (Wildman–Crippen MR) is 133 cm³/mol. The van der Waals surface area contributed by atoms with Gasteiger partial charge in [-0.1, -0.05) is 42.5 Å². The fourth-order valence-electron chi connectivity index (χ4n) is 4.53. The second-order valence-electron chi connectivity index (χ2n) is 8.70. The van der Waals surface area contributed by atoms with Gasteiger partial charge in [-0.3, -0.25) is 14.7 Å². The Hall–Kier alpha value is -2.90. The van der Waals surface area contributed by atoms with Crippen molar-refractivity contribution in [2.24, 2.45) is 4.99 Å². The molecule has 0 aliphatic carbocycles. The molecule has 7 nitrogen and oxygen atoms in total. The first-order valence-corrected chi connectivity index (χ1v) is 11.9. The lowest BCUT2D eigenvalue weighted by Crippen LogP contribution is -2.39. The molecule has 1 amide bonds. The molecule has 33 heavy (non-hydrogen) atoms. The van der Waals surface area contributed by atoms with Crippen LogP contribution in [0.2, 0.25) is 0 Å². The van der Waals surface area contributed by atoms with Gasteiger partial charge in [0.1, 0.15) is 0 Å². The Labute approximate surface area is 196 Å². The number of hydrogen-bond donors (Lipinski definition) is 2. The standard InChI is InChI=1S/C26H35N5O2/c1-27-26(31-13-10-23(20-31)22-7-3-2-4-8-22)28-19-21-6-5-9-24(18-21)29-25(32)11-12-30-14-16-33-17-15-30/h2-9,18,23H,10-17,19-20H2,1H3,(H,27,28)(H,29,32). The van der Waals surface area contributed by atoms with Crippen molar-refractivity contribution >= 4 is 17.6 Å². The van der Waals surface area contributed by atoms with Gasteiger partial charge in [0.2, 0.25) is 5.91 Å². The van der Waals surface area contributed by atoms with Crippen LogP contribution in [0.3, 0.4) is 0 Å². The van der Waals surface area contributed by atoms with Crippen LogP contribution < -0.4 is 10.6 Å². The molecule has 4 rings (SSSR count). The molecular formula is C26H35N5O2. The minimum Gasteiger partial charge on any atom is -0.379 e. The van der Waals surface area contributed by atoms with E-state index in [9.17, 15) is 4.79 Å². The Morgan fingerprint density at radius 2 is 1.91 bits per heavy atom. The van der Waals surface area contributed by atoms with Crippen LogP contribution in [-0.2, 0) is 16.1 Å². The van der Waals surface area contributed by atoms with E-state index in [1.807, 2.05) is 25.2 Å². The van der Waals surface area contributed by atoms with E-state index in [1.165, 1.54) is 5.56 Å². The summed E-state index contributed by atoms with van der Waals surface area (Å²) in [7, 11) is 1.84. The van der Waals surface area contributed by atoms with Crippen molar-refractivity contribution in [2.75, 3.05) is 58.3 Å². The monoisotopic (exact) mass is 449 g/mol. The first-order chi connectivity index (χ1) is 16.2. The van der Waals surface area contributed by atoms with Crippen LogP contribution in [0.1, 0.15) is 29.9 Å². The summed E-state index contributed by atoms with van der Waals surface area (Å²) in [5.41, 5.74) is 3.34. The third kappa shape index (κ3) is 6.79. The fraction of sp³-hybridized carbons (Fsp3) is 0.462. The van der Waals surface area contributed by atoms with Gasteiger partial charge in [-0.15, -0.1) is 0 Å². The van der Waals surface area contributed by atoms with Crippen molar-refractivity contribution in [1.29, 1.82) is 0 Å². The van der Waals surface area contributed by atoms with Crippen molar-refractivity contribution in [3.8, 4) is 0 Å². The number of nitrogens with one attached hydrogen (secondary N) is 2. The topological polar surface area (TPSA) is 69.2 Å². The molecule has 176 valence electrons. The van der Waals surface area contributed by atoms with E-state index in [4.69, 9.17) is 4.74 Å². The number of ether oxygens (including phenoxy) is 1. The second-order valence-corrected chi connectivity index (χ2v) is 8.70. The number of likely N-dealkylation sites (tertiary alicyclic amines) is 1. The molecule has 0 aromatic heterocycles. The van der Waals surface area contributed by atoms with Crippen LogP contribution in [0.5, 0.6) is 0 Å². The minimum absolute atomic E-state index is 0.0476. The quantitative estimate of drug-likeness (QED) is 0.503. The molecule has 0 saturated carbocycles. The Kier molecular flexibility index (Phi) is 8.33. The predicted octanol–water partition coefficient (Wildman–Crippen LogP) is 2.91. The highest BCUT2D eigenvalue weighted by molar-refractivity contribution is 5.90. The van der Waals surface area contributed by atoms with Gasteiger partial charge in [0, 0.05) is 64.3 Å². The zero-order valence-electron chi connectivity index (χ0n) is 19.5. The molecule has 0 radical (unpaired) electrons. The van der Waals surface area contributed by atoms with E-state index in [-0.39, 0.29) is 5.91 Å². The van der Waals surface area contributed by atoms with Crippen LogP contribution in [0, 0.1) is 0 Å². The van der Waals surface area contributed by atoms with Crippen LogP contribution in [0.15, 0.2) is 59.6 Å². The van der Waals surface area contributed by atoms with Crippen molar-refractivity contribution in [2.45, 2.75) is 25.3 Å². The molecule has 2 aromatic rings. The van der Waals surface area contributed by atoms with E-state index < -0.39 is 0 Å². The zero-order valence-corrected chi connectivity index (χ0v) is 19.5. The average Bonchev–Trinajstić information content (AvgIpc) is 3.35. The number of hydrogen-bond acceptors (Lipinski definition) is 4. The van der Waals surface area contributed by atoms with E-state index >= 15 is 0 Å². The first kappa shape index (κ1) is 23.3. The highest BCUT2D eigenvalue weighted by Gasteiger charge is 2.25. The summed E-state index contributed by atoms with van der Waals surface area (Å²) < 4.78 is 5.36. The number of rotatable bonds is 7. The van der Waals surface area contributed by atoms with Gasteiger partial charge >= 0.3 is 0 Å². The van der Waals surface area contributed by atoms with Crippen molar-refractivity contribution in [3.05, 3.63) is 65.7 Å². The highest BCUT2D eigenvalue weighted by Crippen LogP contribution is 2.26. The smallest absolute Gasteiger partial charge is 0.225 e. The van der Waals surface area contributed by atoms with Crippen LogP contribution in [-0.4, -0.2) is 74.7 Å². The number of aliphatic imine (C=N–C) groups is 1. The van der Waals surface area contributed by atoms with Crippen LogP contribution in [0.4, 0.5) is 5.69 Å². The summed E-state index contributed by atoms with van der Waals surface area (Å²) in [5.74, 6) is 1.51.